The van der Waals surface area contributed by atoms with Crippen LogP contribution in [0.2, 0.25) is 0 Å². The van der Waals surface area contributed by atoms with Gasteiger partial charge in [-0.05, 0) is 22.9 Å². The van der Waals surface area contributed by atoms with Gasteiger partial charge in [0.25, 0.3) is 0 Å². The highest BCUT2D eigenvalue weighted by Crippen LogP contribution is 2.26. The molecule has 0 radical (unpaired) electrons. The summed E-state index contributed by atoms with van der Waals surface area (Å²) in [6, 6.07) is 14.6. The third kappa shape index (κ3) is 4.17. The van der Waals surface area contributed by atoms with Crippen LogP contribution in [0.15, 0.2) is 59.0 Å². The summed E-state index contributed by atoms with van der Waals surface area (Å²) in [6.45, 7) is 5.94. The molecule has 0 aliphatic carbocycles. The van der Waals surface area contributed by atoms with Crippen molar-refractivity contribution in [2.75, 3.05) is 13.6 Å². The van der Waals surface area contributed by atoms with Crippen LogP contribution >= 0.6 is 11.3 Å². The molecule has 2 heterocycles. The SMILES string of the molecule is CN=C(NCc1nccc2ccccc12)NCC(C)(C)c1cccs1. The van der Waals surface area contributed by atoms with Crippen molar-refractivity contribution in [2.24, 2.45) is 4.99 Å². The van der Waals surface area contributed by atoms with E-state index in [4.69, 9.17) is 0 Å². The molecule has 0 aliphatic rings. The van der Waals surface area contributed by atoms with Gasteiger partial charge in [0.1, 0.15) is 0 Å². The lowest BCUT2D eigenvalue weighted by atomic mass is 9.91. The smallest absolute Gasteiger partial charge is 0.191 e. The second-order valence-electron chi connectivity index (χ2n) is 6.62. The normalized spacial score (nSPS) is 12.4. The Morgan fingerprint density at radius 2 is 1.96 bits per heavy atom. The molecule has 130 valence electrons. The highest BCUT2D eigenvalue weighted by atomic mass is 32.1. The molecule has 0 fully saturated rings. The fraction of sp³-hybridized carbons (Fsp3) is 0.300. The number of hydrogen-bond donors (Lipinski definition) is 2. The number of aromatic nitrogens is 1. The predicted octanol–water partition coefficient (Wildman–Crippen LogP) is 3.94. The Balaban J connectivity index is 1.63. The van der Waals surface area contributed by atoms with Gasteiger partial charge in [0.05, 0.1) is 12.2 Å². The number of nitrogens with zero attached hydrogens (tertiary/aromatic N) is 2. The Kier molecular flexibility index (Phi) is 5.34. The highest BCUT2D eigenvalue weighted by molar-refractivity contribution is 7.10. The number of thiophene rings is 1. The van der Waals surface area contributed by atoms with Gasteiger partial charge in [-0.1, -0.05) is 44.2 Å². The van der Waals surface area contributed by atoms with E-state index in [1.165, 1.54) is 15.6 Å². The zero-order chi connectivity index (χ0) is 17.7. The number of guanidine groups is 1. The molecule has 3 rings (SSSR count). The molecule has 1 aromatic carbocycles. The van der Waals surface area contributed by atoms with E-state index in [0.717, 1.165) is 18.2 Å². The van der Waals surface area contributed by atoms with Crippen LogP contribution in [0.25, 0.3) is 10.8 Å². The van der Waals surface area contributed by atoms with Gasteiger partial charge in [0, 0.05) is 35.5 Å². The van der Waals surface area contributed by atoms with E-state index >= 15 is 0 Å². The molecule has 4 nitrogen and oxygen atoms in total. The number of nitrogens with one attached hydrogen (secondary N) is 2. The van der Waals surface area contributed by atoms with E-state index in [2.05, 4.69) is 64.1 Å². The summed E-state index contributed by atoms with van der Waals surface area (Å²) in [5, 5.41) is 11.3. The largest absolute Gasteiger partial charge is 0.356 e. The van der Waals surface area contributed by atoms with Crippen LogP contribution in [0.5, 0.6) is 0 Å². The Bertz CT molecular complexity index is 848. The molecular weight excluding hydrogens is 328 g/mol. The number of rotatable bonds is 5. The van der Waals surface area contributed by atoms with E-state index in [0.29, 0.717) is 6.54 Å². The molecule has 0 spiro atoms. The number of pyridine rings is 1. The van der Waals surface area contributed by atoms with Crippen molar-refractivity contribution in [1.29, 1.82) is 0 Å². The summed E-state index contributed by atoms with van der Waals surface area (Å²) >= 11 is 1.79. The number of aliphatic imine (C=N–C) groups is 1. The van der Waals surface area contributed by atoms with Crippen molar-refractivity contribution in [3.8, 4) is 0 Å². The molecule has 0 amide bonds. The van der Waals surface area contributed by atoms with Crippen LogP contribution in [0, 0.1) is 0 Å². The van der Waals surface area contributed by atoms with Gasteiger partial charge in [-0.3, -0.25) is 9.98 Å². The second kappa shape index (κ2) is 7.66. The van der Waals surface area contributed by atoms with Gasteiger partial charge in [-0.2, -0.15) is 0 Å². The molecule has 5 heteroatoms. The average Bonchev–Trinajstić information content (AvgIpc) is 3.17. The number of hydrogen-bond acceptors (Lipinski definition) is 3. The van der Waals surface area contributed by atoms with Gasteiger partial charge in [0.2, 0.25) is 0 Å². The van der Waals surface area contributed by atoms with Crippen molar-refractivity contribution in [3.63, 3.8) is 0 Å². The molecule has 2 aromatic heterocycles. The Morgan fingerprint density at radius 3 is 2.72 bits per heavy atom. The van der Waals surface area contributed by atoms with Crippen LogP contribution in [-0.4, -0.2) is 24.5 Å². The predicted molar refractivity (Wildman–Crippen MR) is 107 cm³/mol. The molecule has 0 bridgehead atoms. The molecule has 2 N–H and O–H groups in total. The first-order chi connectivity index (χ1) is 12.1. The van der Waals surface area contributed by atoms with E-state index < -0.39 is 0 Å². The van der Waals surface area contributed by atoms with Crippen LogP contribution in [0.3, 0.4) is 0 Å². The van der Waals surface area contributed by atoms with Gasteiger partial charge < -0.3 is 10.6 Å². The third-order valence-corrected chi connectivity index (χ3v) is 5.52. The zero-order valence-corrected chi connectivity index (χ0v) is 15.7. The van der Waals surface area contributed by atoms with E-state index in [9.17, 15) is 0 Å². The topological polar surface area (TPSA) is 49.3 Å². The Hall–Kier alpha value is -2.40. The van der Waals surface area contributed by atoms with Crippen molar-refractivity contribution in [3.05, 3.63) is 64.6 Å². The number of benzene rings is 1. The van der Waals surface area contributed by atoms with E-state index in [-0.39, 0.29) is 5.41 Å². The minimum Gasteiger partial charge on any atom is -0.356 e. The van der Waals surface area contributed by atoms with E-state index in [1.54, 1.807) is 18.4 Å². The molecule has 3 aromatic rings. The van der Waals surface area contributed by atoms with Crippen LogP contribution in [-0.2, 0) is 12.0 Å². The summed E-state index contributed by atoms with van der Waals surface area (Å²) in [6.07, 6.45) is 1.86. The Morgan fingerprint density at radius 1 is 1.12 bits per heavy atom. The molecule has 0 unspecified atom stereocenters. The van der Waals surface area contributed by atoms with Gasteiger partial charge in [-0.25, -0.2) is 0 Å². The summed E-state index contributed by atoms with van der Waals surface area (Å²) in [4.78, 5) is 10.2. The first kappa shape index (κ1) is 17.4. The maximum Gasteiger partial charge on any atom is 0.191 e. The van der Waals surface area contributed by atoms with Gasteiger partial charge in [0.15, 0.2) is 5.96 Å². The first-order valence-electron chi connectivity index (χ1n) is 8.41. The molecule has 0 saturated carbocycles. The van der Waals surface area contributed by atoms with Crippen molar-refractivity contribution < 1.29 is 0 Å². The summed E-state index contributed by atoms with van der Waals surface area (Å²) in [7, 11) is 1.80. The lowest BCUT2D eigenvalue weighted by Crippen LogP contribution is -2.43. The minimum atomic E-state index is 0.0590. The monoisotopic (exact) mass is 352 g/mol. The van der Waals surface area contributed by atoms with Crippen LogP contribution < -0.4 is 10.6 Å². The average molecular weight is 353 g/mol. The van der Waals surface area contributed by atoms with Crippen molar-refractivity contribution in [2.45, 2.75) is 25.8 Å². The summed E-state index contributed by atoms with van der Waals surface area (Å²) < 4.78 is 0. The standard InChI is InChI=1S/C20H24N4S/c1-20(2,18-9-6-12-25-18)14-24-19(21-3)23-13-17-16-8-5-4-7-15(16)10-11-22-17/h4-12H,13-14H2,1-3H3,(H2,21,23,24). The summed E-state index contributed by atoms with van der Waals surface area (Å²) in [5.74, 6) is 0.791. The fourth-order valence-electron chi connectivity index (χ4n) is 2.77. The third-order valence-electron chi connectivity index (χ3n) is 4.29. The molecule has 0 saturated heterocycles. The molecular formula is C20H24N4S. The first-order valence-corrected chi connectivity index (χ1v) is 9.29. The lowest BCUT2D eigenvalue weighted by Gasteiger charge is -2.25. The highest BCUT2D eigenvalue weighted by Gasteiger charge is 2.21. The maximum atomic E-state index is 4.52. The van der Waals surface area contributed by atoms with E-state index in [1.807, 2.05) is 24.4 Å². The summed E-state index contributed by atoms with van der Waals surface area (Å²) in [5.41, 5.74) is 1.09. The molecule has 0 aliphatic heterocycles. The second-order valence-corrected chi connectivity index (χ2v) is 7.57. The zero-order valence-electron chi connectivity index (χ0n) is 14.9. The van der Waals surface area contributed by atoms with Gasteiger partial charge >= 0.3 is 0 Å². The fourth-order valence-corrected chi connectivity index (χ4v) is 3.62. The Labute approximate surface area is 153 Å². The molecule has 25 heavy (non-hydrogen) atoms. The van der Waals surface area contributed by atoms with Crippen LogP contribution in [0.1, 0.15) is 24.4 Å². The van der Waals surface area contributed by atoms with Crippen molar-refractivity contribution >= 4 is 28.1 Å². The quantitative estimate of drug-likeness (QED) is 0.540. The number of fused-ring (bicyclic) bond motifs is 1. The van der Waals surface area contributed by atoms with Crippen LogP contribution in [0.4, 0.5) is 0 Å². The lowest BCUT2D eigenvalue weighted by molar-refractivity contribution is 0.518. The van der Waals surface area contributed by atoms with Crippen molar-refractivity contribution in [1.82, 2.24) is 15.6 Å². The van der Waals surface area contributed by atoms with Gasteiger partial charge in [-0.15, -0.1) is 11.3 Å². The molecule has 0 atom stereocenters. The maximum absolute atomic E-state index is 4.52. The minimum absolute atomic E-state index is 0.0590.